The molecule has 0 spiro atoms. The van der Waals surface area contributed by atoms with Crippen molar-refractivity contribution >= 4 is 11.3 Å². The van der Waals surface area contributed by atoms with Gasteiger partial charge in [-0.05, 0) is 44.1 Å². The summed E-state index contributed by atoms with van der Waals surface area (Å²) in [6, 6.07) is 6.16. The Morgan fingerprint density at radius 2 is 1.88 bits per heavy atom. The van der Waals surface area contributed by atoms with E-state index < -0.39 is 0 Å². The number of thiophene rings is 1. The number of hydrogen-bond acceptors (Lipinski definition) is 6. The van der Waals surface area contributed by atoms with Crippen molar-refractivity contribution in [3.63, 3.8) is 0 Å². The Labute approximate surface area is 153 Å². The molecule has 0 radical (unpaired) electrons. The fourth-order valence-electron chi connectivity index (χ4n) is 2.84. The van der Waals surface area contributed by atoms with Crippen LogP contribution in [0.2, 0.25) is 0 Å². The molecule has 0 fully saturated rings. The van der Waals surface area contributed by atoms with Crippen LogP contribution in [0, 0.1) is 6.92 Å². The first-order valence-corrected chi connectivity index (χ1v) is 9.31. The Kier molecular flexibility index (Phi) is 5.83. The van der Waals surface area contributed by atoms with Crippen LogP contribution in [0.5, 0.6) is 17.2 Å². The Balaban J connectivity index is 1.80. The average Bonchev–Trinajstić information content (AvgIpc) is 3.20. The van der Waals surface area contributed by atoms with E-state index in [4.69, 9.17) is 14.2 Å². The lowest BCUT2D eigenvalue weighted by atomic mass is 10.1. The van der Waals surface area contributed by atoms with Gasteiger partial charge in [-0.15, -0.1) is 11.3 Å². The number of methoxy groups -OCH3 is 1. The molecule has 25 heavy (non-hydrogen) atoms. The number of benzene rings is 1. The van der Waals surface area contributed by atoms with E-state index in [2.05, 4.69) is 42.3 Å². The maximum Gasteiger partial charge on any atom is 0.231 e. The standard InChI is InChI=1S/C19H26N2O3S/c1-14-5-8-25-19(14)12-21(7-6-20(2)3)11-15-9-17-18(24-13-23-17)10-16(15)22-4/h5,8-10H,6-7,11-13H2,1-4H3. The first kappa shape index (κ1) is 18.0. The molecule has 1 aromatic carbocycles. The number of hydrogen-bond donors (Lipinski definition) is 0. The Morgan fingerprint density at radius 3 is 2.52 bits per heavy atom. The summed E-state index contributed by atoms with van der Waals surface area (Å²) in [5.74, 6) is 2.41. The Morgan fingerprint density at radius 1 is 1.12 bits per heavy atom. The summed E-state index contributed by atoms with van der Waals surface area (Å²) in [5.41, 5.74) is 2.48. The molecular weight excluding hydrogens is 336 g/mol. The third kappa shape index (κ3) is 4.45. The molecule has 0 saturated heterocycles. The fourth-order valence-corrected chi connectivity index (χ4v) is 3.79. The van der Waals surface area contributed by atoms with E-state index in [1.807, 2.05) is 23.5 Å². The normalized spacial score (nSPS) is 13.0. The van der Waals surface area contributed by atoms with Gasteiger partial charge in [-0.1, -0.05) is 0 Å². The van der Waals surface area contributed by atoms with Crippen molar-refractivity contribution in [2.24, 2.45) is 0 Å². The molecule has 6 heteroatoms. The predicted molar refractivity (Wildman–Crippen MR) is 101 cm³/mol. The second kappa shape index (κ2) is 8.08. The Hall–Kier alpha value is -1.76. The van der Waals surface area contributed by atoms with E-state index in [0.717, 1.165) is 49.0 Å². The minimum absolute atomic E-state index is 0.278. The van der Waals surface area contributed by atoms with Crippen molar-refractivity contribution in [2.45, 2.75) is 20.0 Å². The van der Waals surface area contributed by atoms with E-state index in [9.17, 15) is 0 Å². The molecule has 0 saturated carbocycles. The number of nitrogens with zero attached hydrogens (tertiary/aromatic N) is 2. The molecule has 2 aromatic rings. The summed E-state index contributed by atoms with van der Waals surface area (Å²) < 4.78 is 16.6. The minimum atomic E-state index is 0.278. The highest BCUT2D eigenvalue weighted by molar-refractivity contribution is 7.10. The van der Waals surface area contributed by atoms with Crippen LogP contribution in [0.15, 0.2) is 23.6 Å². The van der Waals surface area contributed by atoms with Gasteiger partial charge in [-0.3, -0.25) is 4.90 Å². The molecule has 0 unspecified atom stereocenters. The van der Waals surface area contributed by atoms with Crippen molar-refractivity contribution in [3.8, 4) is 17.2 Å². The van der Waals surface area contributed by atoms with Gasteiger partial charge >= 0.3 is 0 Å². The summed E-state index contributed by atoms with van der Waals surface area (Å²) >= 11 is 1.82. The van der Waals surface area contributed by atoms with Crippen LogP contribution >= 0.6 is 11.3 Å². The van der Waals surface area contributed by atoms with Crippen molar-refractivity contribution in [3.05, 3.63) is 39.6 Å². The largest absolute Gasteiger partial charge is 0.496 e. The average molecular weight is 362 g/mol. The lowest BCUT2D eigenvalue weighted by Gasteiger charge is -2.25. The van der Waals surface area contributed by atoms with Crippen LogP contribution in [0.3, 0.4) is 0 Å². The summed E-state index contributed by atoms with van der Waals surface area (Å²) in [6.07, 6.45) is 0. The number of aryl methyl sites for hydroxylation is 1. The SMILES string of the molecule is COc1cc2c(cc1CN(CCN(C)C)Cc1sccc1C)OCO2. The third-order valence-corrected chi connectivity index (χ3v) is 5.38. The third-order valence-electron chi connectivity index (χ3n) is 4.37. The zero-order chi connectivity index (χ0) is 17.8. The number of fused-ring (bicyclic) bond motifs is 1. The zero-order valence-corrected chi connectivity index (χ0v) is 16.2. The minimum Gasteiger partial charge on any atom is -0.496 e. The lowest BCUT2D eigenvalue weighted by molar-refractivity contribution is 0.173. The monoisotopic (exact) mass is 362 g/mol. The fraction of sp³-hybridized carbons (Fsp3) is 0.474. The first-order valence-electron chi connectivity index (χ1n) is 8.43. The second-order valence-corrected chi connectivity index (χ2v) is 7.56. The van der Waals surface area contributed by atoms with Gasteiger partial charge in [0.1, 0.15) is 5.75 Å². The summed E-state index contributed by atoms with van der Waals surface area (Å²) in [4.78, 5) is 6.09. The van der Waals surface area contributed by atoms with Gasteiger partial charge in [-0.2, -0.15) is 0 Å². The lowest BCUT2D eigenvalue weighted by Crippen LogP contribution is -2.31. The molecule has 2 heterocycles. The van der Waals surface area contributed by atoms with Gasteiger partial charge in [0.25, 0.3) is 0 Å². The molecular formula is C19H26N2O3S. The van der Waals surface area contributed by atoms with Gasteiger partial charge in [0.05, 0.1) is 7.11 Å². The highest BCUT2D eigenvalue weighted by Gasteiger charge is 2.20. The van der Waals surface area contributed by atoms with Gasteiger partial charge in [0, 0.05) is 42.7 Å². The highest BCUT2D eigenvalue weighted by atomic mass is 32.1. The topological polar surface area (TPSA) is 34.2 Å². The highest BCUT2D eigenvalue weighted by Crippen LogP contribution is 2.38. The van der Waals surface area contributed by atoms with Crippen LogP contribution in [0.1, 0.15) is 16.0 Å². The molecule has 1 aliphatic heterocycles. The van der Waals surface area contributed by atoms with Crippen LogP contribution in [-0.4, -0.2) is 50.9 Å². The molecule has 0 bridgehead atoms. The summed E-state index contributed by atoms with van der Waals surface area (Å²) in [7, 11) is 5.92. The number of likely N-dealkylation sites (N-methyl/N-ethyl adjacent to an activating group) is 1. The molecule has 0 amide bonds. The van der Waals surface area contributed by atoms with Gasteiger partial charge in [0.15, 0.2) is 11.5 Å². The van der Waals surface area contributed by atoms with Crippen LogP contribution in [-0.2, 0) is 13.1 Å². The number of ether oxygens (including phenoxy) is 3. The molecule has 1 aliphatic rings. The molecule has 0 aliphatic carbocycles. The Bertz CT molecular complexity index is 715. The summed E-state index contributed by atoms with van der Waals surface area (Å²) in [5, 5.41) is 2.16. The first-order chi connectivity index (χ1) is 12.1. The van der Waals surface area contributed by atoms with E-state index in [1.165, 1.54) is 10.4 Å². The zero-order valence-electron chi connectivity index (χ0n) is 15.4. The maximum atomic E-state index is 5.59. The maximum absolute atomic E-state index is 5.59. The molecule has 136 valence electrons. The smallest absolute Gasteiger partial charge is 0.231 e. The summed E-state index contributed by atoms with van der Waals surface area (Å²) in [6.45, 7) is 6.21. The van der Waals surface area contributed by atoms with Crippen LogP contribution in [0.4, 0.5) is 0 Å². The van der Waals surface area contributed by atoms with Crippen molar-refractivity contribution in [2.75, 3.05) is 41.1 Å². The van der Waals surface area contributed by atoms with E-state index >= 15 is 0 Å². The number of rotatable bonds is 8. The molecule has 0 atom stereocenters. The van der Waals surface area contributed by atoms with Crippen LogP contribution < -0.4 is 14.2 Å². The van der Waals surface area contributed by atoms with Crippen LogP contribution in [0.25, 0.3) is 0 Å². The van der Waals surface area contributed by atoms with Crippen molar-refractivity contribution < 1.29 is 14.2 Å². The molecule has 1 aromatic heterocycles. The van der Waals surface area contributed by atoms with E-state index in [-0.39, 0.29) is 6.79 Å². The van der Waals surface area contributed by atoms with Crippen molar-refractivity contribution in [1.29, 1.82) is 0 Å². The quantitative estimate of drug-likeness (QED) is 0.719. The van der Waals surface area contributed by atoms with Gasteiger partial charge in [0.2, 0.25) is 6.79 Å². The van der Waals surface area contributed by atoms with E-state index in [0.29, 0.717) is 0 Å². The molecule has 0 N–H and O–H groups in total. The molecule has 3 rings (SSSR count). The molecule has 5 nitrogen and oxygen atoms in total. The van der Waals surface area contributed by atoms with Gasteiger partial charge < -0.3 is 19.1 Å². The van der Waals surface area contributed by atoms with Gasteiger partial charge in [-0.25, -0.2) is 0 Å². The van der Waals surface area contributed by atoms with E-state index in [1.54, 1.807) is 7.11 Å². The second-order valence-electron chi connectivity index (χ2n) is 6.56. The van der Waals surface area contributed by atoms with Crippen molar-refractivity contribution in [1.82, 2.24) is 9.80 Å². The predicted octanol–water partition coefficient (Wildman–Crippen LogP) is 3.36.